The molecule has 2 N–H and O–H groups in total. The Morgan fingerprint density at radius 3 is 2.92 bits per heavy atom. The first-order valence-electron chi connectivity index (χ1n) is 5.19. The SMILES string of the molecule is O=C1CCNCC1CCCCCO. The number of piperidine rings is 1. The van der Waals surface area contributed by atoms with E-state index in [1.807, 2.05) is 0 Å². The molecule has 1 unspecified atom stereocenters. The molecule has 0 aromatic carbocycles. The summed E-state index contributed by atoms with van der Waals surface area (Å²) in [6.07, 6.45) is 4.67. The molecule has 0 aliphatic carbocycles. The molecule has 3 nitrogen and oxygen atoms in total. The molecule has 1 fully saturated rings. The summed E-state index contributed by atoms with van der Waals surface area (Å²) >= 11 is 0. The van der Waals surface area contributed by atoms with Gasteiger partial charge in [-0.2, -0.15) is 0 Å². The van der Waals surface area contributed by atoms with Crippen molar-refractivity contribution in [2.45, 2.75) is 32.1 Å². The van der Waals surface area contributed by atoms with Gasteiger partial charge in [-0.05, 0) is 12.8 Å². The fraction of sp³-hybridized carbons (Fsp3) is 0.900. The molecule has 1 saturated heterocycles. The standard InChI is InChI=1S/C10H19NO2/c12-7-3-1-2-4-9-8-11-6-5-10(9)13/h9,11-12H,1-8H2. The zero-order chi connectivity index (χ0) is 9.52. The highest BCUT2D eigenvalue weighted by atomic mass is 16.2. The fourth-order valence-corrected chi connectivity index (χ4v) is 1.75. The smallest absolute Gasteiger partial charge is 0.138 e. The Bertz CT molecular complexity index is 159. The van der Waals surface area contributed by atoms with Crippen LogP contribution in [0.3, 0.4) is 0 Å². The highest BCUT2D eigenvalue weighted by Gasteiger charge is 2.20. The summed E-state index contributed by atoms with van der Waals surface area (Å²) in [5, 5.41) is 11.8. The lowest BCUT2D eigenvalue weighted by molar-refractivity contribution is -0.124. The van der Waals surface area contributed by atoms with E-state index in [1.165, 1.54) is 0 Å². The highest BCUT2D eigenvalue weighted by Crippen LogP contribution is 2.14. The third-order valence-corrected chi connectivity index (χ3v) is 2.60. The number of nitrogens with one attached hydrogen (secondary N) is 1. The first kappa shape index (κ1) is 10.7. The fourth-order valence-electron chi connectivity index (χ4n) is 1.75. The molecule has 1 atom stereocenters. The number of carbonyl (C=O) groups excluding carboxylic acids is 1. The maximum Gasteiger partial charge on any atom is 0.138 e. The second-order valence-corrected chi connectivity index (χ2v) is 3.69. The molecule has 0 saturated carbocycles. The molecule has 0 amide bonds. The summed E-state index contributed by atoms with van der Waals surface area (Å²) in [6, 6.07) is 0. The van der Waals surface area contributed by atoms with Crippen molar-refractivity contribution in [2.24, 2.45) is 5.92 Å². The molecule has 13 heavy (non-hydrogen) atoms. The van der Waals surface area contributed by atoms with Crippen molar-refractivity contribution in [2.75, 3.05) is 19.7 Å². The van der Waals surface area contributed by atoms with Crippen LogP contribution in [-0.4, -0.2) is 30.6 Å². The first-order chi connectivity index (χ1) is 6.34. The first-order valence-corrected chi connectivity index (χ1v) is 5.19. The summed E-state index contributed by atoms with van der Waals surface area (Å²) in [4.78, 5) is 11.4. The van der Waals surface area contributed by atoms with E-state index in [0.717, 1.165) is 38.8 Å². The second-order valence-electron chi connectivity index (χ2n) is 3.69. The number of ketones is 1. The summed E-state index contributed by atoms with van der Waals surface area (Å²) in [7, 11) is 0. The molecule has 0 spiro atoms. The number of rotatable bonds is 5. The zero-order valence-corrected chi connectivity index (χ0v) is 8.09. The second kappa shape index (κ2) is 6.11. The van der Waals surface area contributed by atoms with E-state index in [0.29, 0.717) is 12.2 Å². The maximum atomic E-state index is 11.4. The van der Waals surface area contributed by atoms with Crippen LogP contribution in [-0.2, 0) is 4.79 Å². The Hall–Kier alpha value is -0.410. The molecule has 0 radical (unpaired) electrons. The van der Waals surface area contributed by atoms with Crippen LogP contribution in [0.4, 0.5) is 0 Å². The normalized spacial score (nSPS) is 23.5. The average Bonchev–Trinajstić information content (AvgIpc) is 2.15. The lowest BCUT2D eigenvalue weighted by atomic mass is 9.92. The molecule has 1 aliphatic rings. The highest BCUT2D eigenvalue weighted by molar-refractivity contribution is 5.82. The van der Waals surface area contributed by atoms with Crippen molar-refractivity contribution in [1.29, 1.82) is 0 Å². The summed E-state index contributed by atoms with van der Waals surface area (Å²) < 4.78 is 0. The number of carbonyl (C=O) groups is 1. The van der Waals surface area contributed by atoms with Gasteiger partial charge in [0.05, 0.1) is 0 Å². The number of aliphatic hydroxyl groups excluding tert-OH is 1. The van der Waals surface area contributed by atoms with Crippen LogP contribution in [0.2, 0.25) is 0 Å². The van der Waals surface area contributed by atoms with E-state index in [1.54, 1.807) is 0 Å². The van der Waals surface area contributed by atoms with Crippen LogP contribution in [0.5, 0.6) is 0 Å². The van der Waals surface area contributed by atoms with Gasteiger partial charge in [-0.3, -0.25) is 4.79 Å². The Labute approximate surface area is 79.5 Å². The van der Waals surface area contributed by atoms with E-state index < -0.39 is 0 Å². The Morgan fingerprint density at radius 1 is 1.38 bits per heavy atom. The van der Waals surface area contributed by atoms with Gasteiger partial charge in [0.1, 0.15) is 5.78 Å². The number of hydrogen-bond acceptors (Lipinski definition) is 3. The van der Waals surface area contributed by atoms with E-state index in [2.05, 4.69) is 5.32 Å². The van der Waals surface area contributed by atoms with E-state index in [4.69, 9.17) is 5.11 Å². The third-order valence-electron chi connectivity index (χ3n) is 2.60. The van der Waals surface area contributed by atoms with Gasteiger partial charge in [0.15, 0.2) is 0 Å². The predicted molar refractivity (Wildman–Crippen MR) is 51.5 cm³/mol. The summed E-state index contributed by atoms with van der Waals surface area (Å²) in [5.74, 6) is 0.662. The van der Waals surface area contributed by atoms with E-state index in [-0.39, 0.29) is 12.5 Å². The average molecular weight is 185 g/mol. The summed E-state index contributed by atoms with van der Waals surface area (Å²) in [5.41, 5.74) is 0. The quantitative estimate of drug-likeness (QED) is 0.620. The predicted octanol–water partition coefficient (Wildman–Crippen LogP) is 0.718. The van der Waals surface area contributed by atoms with Crippen LogP contribution in [0, 0.1) is 5.92 Å². The van der Waals surface area contributed by atoms with Gasteiger partial charge in [-0.1, -0.05) is 12.8 Å². The van der Waals surface area contributed by atoms with E-state index in [9.17, 15) is 4.79 Å². The molecule has 1 heterocycles. The van der Waals surface area contributed by atoms with E-state index >= 15 is 0 Å². The van der Waals surface area contributed by atoms with Crippen molar-refractivity contribution < 1.29 is 9.90 Å². The molecular formula is C10H19NO2. The minimum atomic E-state index is 0.243. The molecule has 1 rings (SSSR count). The van der Waals surface area contributed by atoms with Crippen molar-refractivity contribution >= 4 is 5.78 Å². The van der Waals surface area contributed by atoms with Gasteiger partial charge in [-0.25, -0.2) is 0 Å². The molecule has 0 aromatic heterocycles. The van der Waals surface area contributed by atoms with Gasteiger partial charge >= 0.3 is 0 Å². The maximum absolute atomic E-state index is 11.4. The topological polar surface area (TPSA) is 49.3 Å². The lowest BCUT2D eigenvalue weighted by Crippen LogP contribution is -2.36. The van der Waals surface area contributed by atoms with Crippen LogP contribution >= 0.6 is 0 Å². The van der Waals surface area contributed by atoms with Crippen LogP contribution < -0.4 is 5.32 Å². The Morgan fingerprint density at radius 2 is 2.23 bits per heavy atom. The molecule has 76 valence electrons. The Balaban J connectivity index is 2.08. The van der Waals surface area contributed by atoms with Crippen molar-refractivity contribution in [3.8, 4) is 0 Å². The molecular weight excluding hydrogens is 166 g/mol. The van der Waals surface area contributed by atoms with Gasteiger partial charge in [0.25, 0.3) is 0 Å². The molecule has 3 heteroatoms. The molecule has 0 bridgehead atoms. The van der Waals surface area contributed by atoms with Gasteiger partial charge in [0, 0.05) is 32.0 Å². The largest absolute Gasteiger partial charge is 0.396 e. The lowest BCUT2D eigenvalue weighted by Gasteiger charge is -2.21. The van der Waals surface area contributed by atoms with Crippen molar-refractivity contribution in [3.63, 3.8) is 0 Å². The monoisotopic (exact) mass is 185 g/mol. The molecule has 1 aliphatic heterocycles. The van der Waals surface area contributed by atoms with Gasteiger partial charge in [-0.15, -0.1) is 0 Å². The minimum Gasteiger partial charge on any atom is -0.396 e. The number of unbranched alkanes of at least 4 members (excludes halogenated alkanes) is 2. The van der Waals surface area contributed by atoms with Crippen molar-refractivity contribution in [1.82, 2.24) is 5.32 Å². The third kappa shape index (κ3) is 3.87. The minimum absolute atomic E-state index is 0.243. The van der Waals surface area contributed by atoms with Gasteiger partial charge in [0.2, 0.25) is 0 Å². The van der Waals surface area contributed by atoms with Crippen LogP contribution in [0.25, 0.3) is 0 Å². The number of hydrogen-bond donors (Lipinski definition) is 2. The summed E-state index contributed by atoms with van der Waals surface area (Å²) in [6.45, 7) is 1.99. The number of Topliss-reactive ketones (excluding diaryl/α,β-unsaturated/α-hetero) is 1. The van der Waals surface area contributed by atoms with Crippen molar-refractivity contribution in [3.05, 3.63) is 0 Å². The van der Waals surface area contributed by atoms with Gasteiger partial charge < -0.3 is 10.4 Å². The zero-order valence-electron chi connectivity index (χ0n) is 8.09. The number of aliphatic hydroxyl groups is 1. The molecule has 0 aromatic rings. The van der Waals surface area contributed by atoms with Crippen LogP contribution in [0.15, 0.2) is 0 Å². The Kier molecular flexibility index (Phi) is 5.01. The van der Waals surface area contributed by atoms with Crippen LogP contribution in [0.1, 0.15) is 32.1 Å².